The van der Waals surface area contributed by atoms with Crippen molar-refractivity contribution in [2.24, 2.45) is 22.6 Å². The zero-order valence-corrected chi connectivity index (χ0v) is 37.6. The number of nitrogens with two attached hydrogens (primary N) is 1. The number of aliphatic hydroxyl groups excluding tert-OH is 2. The molecule has 2 saturated carbocycles. The molecule has 4 aliphatic rings. The van der Waals surface area contributed by atoms with Gasteiger partial charge in [0.15, 0.2) is 18.0 Å². The summed E-state index contributed by atoms with van der Waals surface area (Å²) in [5, 5.41) is 41.8. The van der Waals surface area contributed by atoms with Crippen molar-refractivity contribution in [3.05, 3.63) is 82.9 Å². The standard InChI is InChI=1S/C45H55NO18S/c1-24(27-14-9-7-10-15-27)36(59-33(50)22-56-32(49)18-13-19-65-64-63-62-46)41(54)58-29-21-45(55)39(60-40(53)28-16-11-8-12-17-28)37-43(6,38(52)35(51)34(25(29)2)42(45,4)5)30(48)20-31-44(37,23-57-31)61-26(3)47/h7-12,14-17,24,29-31,35-37,39,48,51,55H,13,18-23,46H2,1-6H3/t24?,29?,30-,31?,35-,36?,37+,39+,43-,44-,45-/m0/s1. The highest BCUT2D eigenvalue weighted by molar-refractivity contribution is 7.94. The molecule has 4 unspecified atom stereocenters. The van der Waals surface area contributed by atoms with E-state index in [2.05, 4.69) is 20.3 Å². The highest BCUT2D eigenvalue weighted by atomic mass is 32.2. The lowest BCUT2D eigenvalue weighted by atomic mass is 9.44. The van der Waals surface area contributed by atoms with Crippen LogP contribution >= 0.6 is 12.0 Å². The summed E-state index contributed by atoms with van der Waals surface area (Å²) in [5.74, 6) is -3.03. The smallest absolute Gasteiger partial charge is 0.348 e. The number of ketones is 1. The number of benzene rings is 2. The van der Waals surface area contributed by atoms with Crippen molar-refractivity contribution in [3.8, 4) is 0 Å². The number of fused-ring (bicyclic) bond motifs is 5. The van der Waals surface area contributed by atoms with Gasteiger partial charge >= 0.3 is 29.8 Å². The number of esters is 5. The number of hydrogen-bond donors (Lipinski definition) is 4. The Bertz CT molecular complexity index is 2140. The van der Waals surface area contributed by atoms with Crippen molar-refractivity contribution >= 4 is 47.7 Å². The van der Waals surface area contributed by atoms with Gasteiger partial charge in [-0.25, -0.2) is 14.4 Å². The largest absolute Gasteiger partial charge is 0.455 e. The number of carbonyl (C=O) groups excluding carboxylic acids is 6. The van der Waals surface area contributed by atoms with E-state index < -0.39 is 119 Å². The van der Waals surface area contributed by atoms with Crippen LogP contribution in [0.25, 0.3) is 0 Å². The van der Waals surface area contributed by atoms with Gasteiger partial charge in [0.05, 0.1) is 29.6 Å². The predicted octanol–water partition coefficient (Wildman–Crippen LogP) is 3.07. The number of Topliss-reactive ketones (excluding diaryl/α,β-unsaturated/α-hetero) is 1. The first-order valence-electron chi connectivity index (χ1n) is 21.1. The highest BCUT2D eigenvalue weighted by Gasteiger charge is 2.78. The second-order valence-corrected chi connectivity index (χ2v) is 18.3. The molecular formula is C45H55NO18S. The lowest BCUT2D eigenvalue weighted by Crippen LogP contribution is -2.81. The fourth-order valence-electron chi connectivity index (χ4n) is 10.00. The van der Waals surface area contributed by atoms with Gasteiger partial charge in [-0.15, -0.1) is 9.32 Å². The average Bonchev–Trinajstić information content (AvgIpc) is 3.27. The van der Waals surface area contributed by atoms with Gasteiger partial charge in [-0.05, 0) is 54.1 Å². The molecule has 6 rings (SSSR count). The van der Waals surface area contributed by atoms with Crippen molar-refractivity contribution in [1.29, 1.82) is 0 Å². The lowest BCUT2D eigenvalue weighted by Gasteiger charge is -2.67. The molecule has 20 heteroatoms. The van der Waals surface area contributed by atoms with Crippen molar-refractivity contribution < 1.29 is 86.9 Å². The van der Waals surface area contributed by atoms with Gasteiger partial charge in [-0.1, -0.05) is 69.3 Å². The molecule has 2 aromatic rings. The van der Waals surface area contributed by atoms with E-state index in [9.17, 15) is 39.3 Å². The van der Waals surface area contributed by atoms with Gasteiger partial charge in [0, 0.05) is 55.3 Å². The number of ether oxygens (including phenoxy) is 6. The Morgan fingerprint density at radius 2 is 1.63 bits per heavy atom. The molecule has 65 heavy (non-hydrogen) atoms. The molecule has 3 aliphatic carbocycles. The Hall–Kier alpha value is -4.77. The van der Waals surface area contributed by atoms with Crippen molar-refractivity contribution in [2.75, 3.05) is 19.0 Å². The normalized spacial score (nSPS) is 31.0. The number of aliphatic hydroxyl groups is 3. The maximum atomic E-state index is 15.1. The SMILES string of the molecule is CC(=O)O[C@@]12COC1C[C@H](O)[C@]1(C)C(=O)[C@@H](O)C3=C(C)C(OC(=O)C(OC(=O)COC(=O)CCCSOOON)C(C)c4ccccc4)C[C@](O)([C@H](OC(=O)c4ccccc4)[C@H]12)C3(C)C. The third kappa shape index (κ3) is 9.46. The van der Waals surface area contributed by atoms with Gasteiger partial charge < -0.3 is 43.7 Å². The molecule has 354 valence electrons. The number of rotatable bonds is 17. The van der Waals surface area contributed by atoms with Crippen LogP contribution in [0.5, 0.6) is 0 Å². The highest BCUT2D eigenvalue weighted by Crippen LogP contribution is 2.64. The van der Waals surface area contributed by atoms with Gasteiger partial charge in [0.1, 0.15) is 30.0 Å². The van der Waals surface area contributed by atoms with E-state index >= 15 is 4.79 Å². The molecule has 1 heterocycles. The summed E-state index contributed by atoms with van der Waals surface area (Å²) in [6.07, 6.45) is -10.2. The first kappa shape index (κ1) is 49.7. The van der Waals surface area contributed by atoms with E-state index in [1.165, 1.54) is 26.0 Å². The zero-order chi connectivity index (χ0) is 47.5. The first-order chi connectivity index (χ1) is 30.7. The molecule has 19 nitrogen and oxygen atoms in total. The van der Waals surface area contributed by atoms with Crippen LogP contribution in [0.15, 0.2) is 71.8 Å². The number of carbonyl (C=O) groups is 6. The number of hydrogen-bond acceptors (Lipinski definition) is 20. The summed E-state index contributed by atoms with van der Waals surface area (Å²) in [4.78, 5) is 86.2. The zero-order valence-electron chi connectivity index (χ0n) is 36.8. The van der Waals surface area contributed by atoms with Crippen LogP contribution in [0.3, 0.4) is 0 Å². The molecule has 0 spiro atoms. The van der Waals surface area contributed by atoms with Gasteiger partial charge in [-0.3, -0.25) is 14.4 Å². The van der Waals surface area contributed by atoms with Crippen molar-refractivity contribution in [2.45, 2.75) is 121 Å². The minimum atomic E-state index is -2.38. The van der Waals surface area contributed by atoms with Crippen LogP contribution in [0.1, 0.15) is 89.1 Å². The molecule has 1 aliphatic heterocycles. The minimum Gasteiger partial charge on any atom is -0.455 e. The fraction of sp³-hybridized carbons (Fsp3) is 0.556. The molecule has 2 aromatic carbocycles. The molecule has 2 bridgehead atoms. The summed E-state index contributed by atoms with van der Waals surface area (Å²) in [5.41, 5.74) is -7.12. The van der Waals surface area contributed by atoms with Crippen LogP contribution in [0.2, 0.25) is 0 Å². The van der Waals surface area contributed by atoms with E-state index in [4.69, 9.17) is 28.4 Å². The Balaban J connectivity index is 1.38. The van der Waals surface area contributed by atoms with E-state index in [0.717, 1.165) is 19.0 Å². The Morgan fingerprint density at radius 1 is 0.969 bits per heavy atom. The van der Waals surface area contributed by atoms with Crippen molar-refractivity contribution in [3.63, 3.8) is 0 Å². The topological polar surface area (TPSA) is 272 Å². The molecule has 0 radical (unpaired) electrons. The molecular weight excluding hydrogens is 875 g/mol. The molecule has 5 N–H and O–H groups in total. The minimum absolute atomic E-state index is 0.0665. The predicted molar refractivity (Wildman–Crippen MR) is 224 cm³/mol. The quantitative estimate of drug-likeness (QED) is 0.0338. The van der Waals surface area contributed by atoms with E-state index in [-0.39, 0.29) is 48.3 Å². The van der Waals surface area contributed by atoms with Gasteiger partial charge in [-0.2, -0.15) is 5.90 Å². The maximum absolute atomic E-state index is 15.1. The van der Waals surface area contributed by atoms with Gasteiger partial charge in [0.25, 0.3) is 0 Å². The van der Waals surface area contributed by atoms with Crippen LogP contribution in [0.4, 0.5) is 0 Å². The monoisotopic (exact) mass is 929 g/mol. The summed E-state index contributed by atoms with van der Waals surface area (Å²) in [6, 6.07) is 16.4. The Kier molecular flexibility index (Phi) is 15.3. The fourth-order valence-corrected chi connectivity index (χ4v) is 10.4. The van der Waals surface area contributed by atoms with Gasteiger partial charge in [0.2, 0.25) is 6.10 Å². The Morgan fingerprint density at radius 3 is 2.25 bits per heavy atom. The van der Waals surface area contributed by atoms with Crippen LogP contribution in [-0.4, -0.2) is 118 Å². The van der Waals surface area contributed by atoms with Crippen LogP contribution in [-0.2, 0) is 66.8 Å². The van der Waals surface area contributed by atoms with E-state index in [0.29, 0.717) is 5.56 Å². The Labute approximate surface area is 379 Å². The summed E-state index contributed by atoms with van der Waals surface area (Å²) < 4.78 is 39.7. The molecule has 3 fully saturated rings. The molecule has 11 atom stereocenters. The second kappa shape index (κ2) is 20.0. The molecule has 1 saturated heterocycles. The summed E-state index contributed by atoms with van der Waals surface area (Å²) >= 11 is 0.807. The van der Waals surface area contributed by atoms with Crippen LogP contribution < -0.4 is 5.90 Å². The first-order valence-corrected chi connectivity index (χ1v) is 22.0. The van der Waals surface area contributed by atoms with E-state index in [1.807, 2.05) is 0 Å². The summed E-state index contributed by atoms with van der Waals surface area (Å²) in [7, 11) is 0. The van der Waals surface area contributed by atoms with Crippen LogP contribution in [0, 0.1) is 16.7 Å². The second-order valence-electron chi connectivity index (χ2n) is 17.5. The third-order valence-corrected chi connectivity index (χ3v) is 14.1. The average molecular weight is 930 g/mol. The maximum Gasteiger partial charge on any atom is 0.348 e. The van der Waals surface area contributed by atoms with Crippen molar-refractivity contribution in [1.82, 2.24) is 0 Å². The molecule has 0 aromatic heterocycles. The molecule has 0 amide bonds. The third-order valence-electron chi connectivity index (χ3n) is 13.5. The van der Waals surface area contributed by atoms with E-state index in [1.54, 1.807) is 69.3 Å². The lowest BCUT2D eigenvalue weighted by molar-refractivity contribution is -0.464. The summed E-state index contributed by atoms with van der Waals surface area (Å²) in [6.45, 7) is 7.56.